The molecular formula is C45H32N6O. The van der Waals surface area contributed by atoms with Crippen molar-refractivity contribution in [3.8, 4) is 39.9 Å². The summed E-state index contributed by atoms with van der Waals surface area (Å²) in [6, 6.07) is 50.0. The van der Waals surface area contributed by atoms with E-state index in [0.29, 0.717) is 0 Å². The Morgan fingerprint density at radius 3 is 1.71 bits per heavy atom. The van der Waals surface area contributed by atoms with Crippen molar-refractivity contribution < 1.29 is 4.74 Å². The first-order valence-corrected chi connectivity index (χ1v) is 17.4. The van der Waals surface area contributed by atoms with Crippen LogP contribution in [-0.2, 0) is 0 Å². The predicted molar refractivity (Wildman–Crippen MR) is 209 cm³/mol. The Kier molecular flexibility index (Phi) is 6.79. The molecule has 0 aliphatic heterocycles. The maximum atomic E-state index is 6.66. The summed E-state index contributed by atoms with van der Waals surface area (Å²) in [4.78, 5) is 9.61. The number of rotatable bonds is 6. The van der Waals surface area contributed by atoms with E-state index in [-0.39, 0.29) is 0 Å². The minimum atomic E-state index is 0.739. The number of fused-ring (bicyclic) bond motifs is 6. The van der Waals surface area contributed by atoms with Gasteiger partial charge in [0.15, 0.2) is 0 Å². The van der Waals surface area contributed by atoms with Crippen LogP contribution in [0.1, 0.15) is 11.4 Å². The van der Waals surface area contributed by atoms with Crippen molar-refractivity contribution in [2.45, 2.75) is 13.8 Å². The summed E-state index contributed by atoms with van der Waals surface area (Å²) in [6.45, 7) is 4.19. The van der Waals surface area contributed by atoms with E-state index in [1.165, 1.54) is 5.39 Å². The maximum Gasteiger partial charge on any atom is 0.138 e. The molecule has 5 aromatic carbocycles. The third-order valence-electron chi connectivity index (χ3n) is 9.96. The smallest absolute Gasteiger partial charge is 0.138 e. The molecule has 5 aromatic heterocycles. The van der Waals surface area contributed by atoms with Gasteiger partial charge in [-0.3, -0.25) is 9.13 Å². The van der Waals surface area contributed by atoms with Crippen molar-refractivity contribution in [3.05, 3.63) is 169 Å². The SMILES string of the molecule is Cc1nn(-c2ccccc2)c(C)c1-c1ccnc(-n2c3ccccc3c3ccc(Oc4ccc5c6ccccc6n(-c6ccccn6)c5c4)cc32)c1. The Hall–Kier alpha value is -6.99. The van der Waals surface area contributed by atoms with Gasteiger partial charge in [-0.2, -0.15) is 5.10 Å². The van der Waals surface area contributed by atoms with Gasteiger partial charge in [-0.25, -0.2) is 14.6 Å². The molecule has 0 amide bonds. The normalized spacial score (nSPS) is 11.7. The lowest BCUT2D eigenvalue weighted by Gasteiger charge is -2.11. The third-order valence-corrected chi connectivity index (χ3v) is 9.96. The molecule has 5 heterocycles. The highest BCUT2D eigenvalue weighted by atomic mass is 16.5. The molecule has 248 valence electrons. The van der Waals surface area contributed by atoms with E-state index in [0.717, 1.165) is 89.6 Å². The Morgan fingerprint density at radius 1 is 0.481 bits per heavy atom. The molecule has 0 saturated heterocycles. The van der Waals surface area contributed by atoms with Crippen LogP contribution in [0.15, 0.2) is 158 Å². The molecule has 0 aliphatic carbocycles. The average Bonchev–Trinajstić information content (AvgIpc) is 3.81. The van der Waals surface area contributed by atoms with Crippen LogP contribution in [0, 0.1) is 13.8 Å². The van der Waals surface area contributed by atoms with E-state index in [1.807, 2.05) is 65.6 Å². The summed E-state index contributed by atoms with van der Waals surface area (Å²) in [6.07, 6.45) is 3.72. The lowest BCUT2D eigenvalue weighted by molar-refractivity contribution is 0.484. The van der Waals surface area contributed by atoms with Crippen LogP contribution in [-0.4, -0.2) is 28.9 Å². The molecule has 0 atom stereocenters. The van der Waals surface area contributed by atoms with Gasteiger partial charge >= 0.3 is 0 Å². The lowest BCUT2D eigenvalue weighted by atomic mass is 10.0. The molecule has 0 N–H and O–H groups in total. The summed E-state index contributed by atoms with van der Waals surface area (Å²) in [5.41, 5.74) is 9.49. The molecule has 0 aliphatic rings. The summed E-state index contributed by atoms with van der Waals surface area (Å²) in [5, 5.41) is 9.53. The van der Waals surface area contributed by atoms with Gasteiger partial charge in [0.2, 0.25) is 0 Å². The fraction of sp³-hybridized carbons (Fsp3) is 0.0444. The predicted octanol–water partition coefficient (Wildman–Crippen LogP) is 10.9. The van der Waals surface area contributed by atoms with E-state index >= 15 is 0 Å². The zero-order valence-electron chi connectivity index (χ0n) is 28.6. The Labute approximate surface area is 299 Å². The van der Waals surface area contributed by atoms with Gasteiger partial charge in [-0.05, 0) is 92.2 Å². The molecule has 0 fully saturated rings. The number of ether oxygens (including phenoxy) is 1. The fourth-order valence-electron chi connectivity index (χ4n) is 7.72. The van der Waals surface area contributed by atoms with Crippen molar-refractivity contribution in [2.24, 2.45) is 0 Å². The van der Waals surface area contributed by atoms with Gasteiger partial charge in [0, 0.05) is 57.3 Å². The topological polar surface area (TPSA) is 62.7 Å². The monoisotopic (exact) mass is 672 g/mol. The highest BCUT2D eigenvalue weighted by Crippen LogP contribution is 2.38. The van der Waals surface area contributed by atoms with Crippen molar-refractivity contribution >= 4 is 43.6 Å². The first-order chi connectivity index (χ1) is 25.6. The van der Waals surface area contributed by atoms with Gasteiger partial charge in [0.25, 0.3) is 0 Å². The van der Waals surface area contributed by atoms with Crippen LogP contribution in [0.4, 0.5) is 0 Å². The number of pyridine rings is 2. The van der Waals surface area contributed by atoms with Crippen LogP contribution >= 0.6 is 0 Å². The zero-order valence-corrected chi connectivity index (χ0v) is 28.6. The number of aromatic nitrogens is 6. The van der Waals surface area contributed by atoms with Gasteiger partial charge in [-0.15, -0.1) is 0 Å². The van der Waals surface area contributed by atoms with Crippen molar-refractivity contribution in [2.75, 3.05) is 0 Å². The van der Waals surface area contributed by atoms with Crippen molar-refractivity contribution in [1.29, 1.82) is 0 Å². The molecule has 52 heavy (non-hydrogen) atoms. The van der Waals surface area contributed by atoms with Crippen molar-refractivity contribution in [3.63, 3.8) is 0 Å². The van der Waals surface area contributed by atoms with Crippen LogP contribution in [0.3, 0.4) is 0 Å². The summed E-state index contributed by atoms with van der Waals surface area (Å²) in [7, 11) is 0. The molecule has 0 bridgehead atoms. The second-order valence-electron chi connectivity index (χ2n) is 13.0. The first-order valence-electron chi connectivity index (χ1n) is 17.4. The first kappa shape index (κ1) is 29.9. The molecule has 7 nitrogen and oxygen atoms in total. The van der Waals surface area contributed by atoms with E-state index in [4.69, 9.17) is 14.8 Å². The maximum absolute atomic E-state index is 6.66. The summed E-state index contributed by atoms with van der Waals surface area (Å²) < 4.78 is 13.1. The average molecular weight is 673 g/mol. The largest absolute Gasteiger partial charge is 0.457 e. The number of benzene rings is 5. The molecule has 10 rings (SSSR count). The molecular weight excluding hydrogens is 641 g/mol. The third kappa shape index (κ3) is 4.71. The number of hydrogen-bond donors (Lipinski definition) is 0. The van der Waals surface area contributed by atoms with E-state index in [2.05, 4.69) is 125 Å². The highest BCUT2D eigenvalue weighted by Gasteiger charge is 2.19. The molecule has 0 spiro atoms. The fourth-order valence-corrected chi connectivity index (χ4v) is 7.72. The minimum Gasteiger partial charge on any atom is -0.457 e. The van der Waals surface area contributed by atoms with E-state index < -0.39 is 0 Å². The molecule has 10 aromatic rings. The van der Waals surface area contributed by atoms with Crippen LogP contribution in [0.25, 0.3) is 72.1 Å². The zero-order chi connectivity index (χ0) is 34.8. The van der Waals surface area contributed by atoms with Gasteiger partial charge in [0.05, 0.1) is 33.4 Å². The lowest BCUT2D eigenvalue weighted by Crippen LogP contribution is -1.99. The summed E-state index contributed by atoms with van der Waals surface area (Å²) >= 11 is 0. The Morgan fingerprint density at radius 2 is 1.06 bits per heavy atom. The van der Waals surface area contributed by atoms with Gasteiger partial charge < -0.3 is 4.74 Å². The number of para-hydroxylation sites is 3. The van der Waals surface area contributed by atoms with Crippen LogP contribution < -0.4 is 4.74 Å². The summed E-state index contributed by atoms with van der Waals surface area (Å²) in [5.74, 6) is 3.18. The molecule has 0 unspecified atom stereocenters. The van der Waals surface area contributed by atoms with Gasteiger partial charge in [0.1, 0.15) is 23.1 Å². The second-order valence-corrected chi connectivity index (χ2v) is 13.0. The highest BCUT2D eigenvalue weighted by molar-refractivity contribution is 6.10. The van der Waals surface area contributed by atoms with Gasteiger partial charge in [-0.1, -0.05) is 60.7 Å². The number of nitrogens with zero attached hydrogens (tertiary/aromatic N) is 6. The molecule has 0 saturated carbocycles. The molecule has 0 radical (unpaired) electrons. The quantitative estimate of drug-likeness (QED) is 0.176. The standard InChI is InChI=1S/C45H32N6O/c1-29-45(30(2)51(48-29)32-12-4-3-5-13-32)31-23-25-47-44(26-31)50-40-17-9-7-15-36(40)38-22-20-34(28-42(38)50)52-33-19-21-37-35-14-6-8-16-39(35)49(41(37)27-33)43-18-10-11-24-46-43/h3-28H,1-2H3. The minimum absolute atomic E-state index is 0.739. The Balaban J connectivity index is 1.09. The van der Waals surface area contributed by atoms with E-state index in [9.17, 15) is 0 Å². The Bertz CT molecular complexity index is 2960. The van der Waals surface area contributed by atoms with Crippen LogP contribution in [0.5, 0.6) is 11.5 Å². The van der Waals surface area contributed by atoms with Crippen LogP contribution in [0.2, 0.25) is 0 Å². The van der Waals surface area contributed by atoms with Crippen molar-refractivity contribution in [1.82, 2.24) is 28.9 Å². The number of aryl methyl sites for hydroxylation is 1. The second kappa shape index (κ2) is 11.8. The van der Waals surface area contributed by atoms with E-state index in [1.54, 1.807) is 0 Å². The molecule has 7 heteroatoms. The number of hydrogen-bond acceptors (Lipinski definition) is 4.